The highest BCUT2D eigenvalue weighted by Crippen LogP contribution is 2.24. The second kappa shape index (κ2) is 12.2. The van der Waals surface area contributed by atoms with Crippen LogP contribution in [0.5, 0.6) is 5.75 Å². The first kappa shape index (κ1) is 26.7. The number of nitrogens with one attached hydrogen (secondary N) is 1. The fraction of sp³-hybridized carbons (Fsp3) is 0.259. The van der Waals surface area contributed by atoms with Crippen molar-refractivity contribution in [3.63, 3.8) is 0 Å². The van der Waals surface area contributed by atoms with Crippen LogP contribution < -0.4 is 14.4 Å². The third-order valence-corrected chi connectivity index (χ3v) is 7.45. The van der Waals surface area contributed by atoms with Gasteiger partial charge < -0.3 is 15.0 Å². The molecule has 0 saturated carbocycles. The zero-order valence-electron chi connectivity index (χ0n) is 20.6. The normalized spacial score (nSPS) is 11.9. The van der Waals surface area contributed by atoms with Gasteiger partial charge in [0.05, 0.1) is 17.7 Å². The maximum atomic E-state index is 13.7. The van der Waals surface area contributed by atoms with Crippen molar-refractivity contribution in [3.8, 4) is 5.75 Å². The van der Waals surface area contributed by atoms with Crippen LogP contribution >= 0.6 is 0 Å². The molecule has 0 fully saturated rings. The van der Waals surface area contributed by atoms with E-state index in [-0.39, 0.29) is 17.3 Å². The summed E-state index contributed by atoms with van der Waals surface area (Å²) in [5, 5.41) is 2.74. The molecule has 1 N–H and O–H groups in total. The van der Waals surface area contributed by atoms with Crippen molar-refractivity contribution in [2.45, 2.75) is 31.3 Å². The fourth-order valence-corrected chi connectivity index (χ4v) is 5.15. The lowest BCUT2D eigenvalue weighted by Gasteiger charge is -2.32. The largest absolute Gasteiger partial charge is 0.497 e. The number of sulfonamides is 1. The summed E-state index contributed by atoms with van der Waals surface area (Å²) in [6.07, 6.45) is 0. The summed E-state index contributed by atoms with van der Waals surface area (Å²) >= 11 is 0. The van der Waals surface area contributed by atoms with Gasteiger partial charge >= 0.3 is 0 Å². The van der Waals surface area contributed by atoms with Gasteiger partial charge in [0.2, 0.25) is 11.8 Å². The minimum absolute atomic E-state index is 0.0674. The fourth-order valence-electron chi connectivity index (χ4n) is 3.71. The van der Waals surface area contributed by atoms with Crippen molar-refractivity contribution in [2.75, 3.05) is 24.5 Å². The zero-order chi connectivity index (χ0) is 26.1. The number of amides is 2. The molecule has 9 heteroatoms. The molecule has 3 aromatic rings. The highest BCUT2D eigenvalue weighted by molar-refractivity contribution is 7.92. The van der Waals surface area contributed by atoms with Crippen molar-refractivity contribution in [3.05, 3.63) is 90.5 Å². The first-order valence-corrected chi connectivity index (χ1v) is 13.0. The van der Waals surface area contributed by atoms with E-state index in [1.54, 1.807) is 87.7 Å². The van der Waals surface area contributed by atoms with Crippen LogP contribution in [0.1, 0.15) is 19.4 Å². The number of nitrogens with zero attached hydrogens (tertiary/aromatic N) is 2. The molecule has 1 atom stereocenters. The third kappa shape index (κ3) is 6.42. The highest BCUT2D eigenvalue weighted by Gasteiger charge is 2.32. The van der Waals surface area contributed by atoms with Gasteiger partial charge in [-0.15, -0.1) is 0 Å². The number of anilines is 1. The number of carbonyl (C=O) groups is 2. The van der Waals surface area contributed by atoms with E-state index in [9.17, 15) is 18.0 Å². The molecule has 36 heavy (non-hydrogen) atoms. The molecule has 3 aromatic carbocycles. The predicted molar refractivity (Wildman–Crippen MR) is 139 cm³/mol. The summed E-state index contributed by atoms with van der Waals surface area (Å²) in [5.74, 6) is -0.228. The Labute approximate surface area is 212 Å². The lowest BCUT2D eigenvalue weighted by molar-refractivity contribution is -0.139. The number of benzene rings is 3. The Morgan fingerprint density at radius 2 is 1.58 bits per heavy atom. The Balaban J connectivity index is 1.99. The van der Waals surface area contributed by atoms with Crippen LogP contribution in [0, 0.1) is 0 Å². The number of para-hydroxylation sites is 1. The summed E-state index contributed by atoms with van der Waals surface area (Å²) in [5.41, 5.74) is 1.10. The maximum Gasteiger partial charge on any atom is 0.264 e. The number of methoxy groups -OCH3 is 1. The molecule has 2 amide bonds. The topological polar surface area (TPSA) is 96.0 Å². The lowest BCUT2D eigenvalue weighted by Crippen LogP contribution is -2.51. The van der Waals surface area contributed by atoms with E-state index in [4.69, 9.17) is 4.74 Å². The van der Waals surface area contributed by atoms with E-state index in [2.05, 4.69) is 5.32 Å². The third-order valence-electron chi connectivity index (χ3n) is 5.66. The standard InChI is InChI=1S/C27H31N3O5S/c1-4-28-27(32)21(2)29(19-22-12-11-15-24(18-22)35-3)26(31)20-30(23-13-7-5-8-14-23)36(33,34)25-16-9-6-10-17-25/h5-18,21H,4,19-20H2,1-3H3,(H,28,32). The number of rotatable bonds is 11. The summed E-state index contributed by atoms with van der Waals surface area (Å²) in [6, 6.07) is 22.8. The number of hydrogen-bond donors (Lipinski definition) is 1. The first-order chi connectivity index (χ1) is 17.3. The summed E-state index contributed by atoms with van der Waals surface area (Å²) < 4.78 is 33.6. The molecule has 0 bridgehead atoms. The lowest BCUT2D eigenvalue weighted by atomic mass is 10.1. The second-order valence-electron chi connectivity index (χ2n) is 8.10. The van der Waals surface area contributed by atoms with E-state index in [1.807, 2.05) is 6.07 Å². The van der Waals surface area contributed by atoms with Crippen LogP contribution in [-0.4, -0.2) is 51.4 Å². The molecular weight excluding hydrogens is 478 g/mol. The average Bonchev–Trinajstić information content (AvgIpc) is 2.91. The molecule has 1 unspecified atom stereocenters. The van der Waals surface area contributed by atoms with Crippen molar-refractivity contribution < 1.29 is 22.7 Å². The van der Waals surface area contributed by atoms with Crippen LogP contribution in [-0.2, 0) is 26.2 Å². The van der Waals surface area contributed by atoms with E-state index < -0.39 is 28.5 Å². The molecule has 190 valence electrons. The van der Waals surface area contributed by atoms with Crippen LogP contribution in [0.4, 0.5) is 5.69 Å². The van der Waals surface area contributed by atoms with Gasteiger partial charge in [0.25, 0.3) is 10.0 Å². The predicted octanol–water partition coefficient (Wildman–Crippen LogP) is 3.44. The molecule has 3 rings (SSSR count). The van der Waals surface area contributed by atoms with Crippen molar-refractivity contribution in [2.24, 2.45) is 0 Å². The Hall–Kier alpha value is -3.85. The van der Waals surface area contributed by atoms with E-state index in [1.165, 1.54) is 17.0 Å². The minimum Gasteiger partial charge on any atom is -0.497 e. The molecule has 0 aliphatic rings. The Kier molecular flexibility index (Phi) is 9.08. The number of hydrogen-bond acceptors (Lipinski definition) is 5. The van der Waals surface area contributed by atoms with Gasteiger partial charge in [-0.3, -0.25) is 13.9 Å². The minimum atomic E-state index is -4.06. The Morgan fingerprint density at radius 3 is 2.19 bits per heavy atom. The molecule has 0 aromatic heterocycles. The van der Waals surface area contributed by atoms with Gasteiger partial charge in [0, 0.05) is 13.1 Å². The number of ether oxygens (including phenoxy) is 1. The molecule has 0 aliphatic heterocycles. The van der Waals surface area contributed by atoms with Gasteiger partial charge in [-0.2, -0.15) is 0 Å². The van der Waals surface area contributed by atoms with Crippen molar-refractivity contribution in [1.82, 2.24) is 10.2 Å². The maximum absolute atomic E-state index is 13.7. The van der Waals surface area contributed by atoms with Crippen LogP contribution in [0.25, 0.3) is 0 Å². The van der Waals surface area contributed by atoms with E-state index >= 15 is 0 Å². The number of carbonyl (C=O) groups excluding carboxylic acids is 2. The second-order valence-corrected chi connectivity index (χ2v) is 9.97. The van der Waals surface area contributed by atoms with Gasteiger partial charge in [-0.1, -0.05) is 48.5 Å². The summed E-state index contributed by atoms with van der Waals surface area (Å²) in [4.78, 5) is 27.9. The van der Waals surface area contributed by atoms with Gasteiger partial charge in [-0.05, 0) is 55.8 Å². The first-order valence-electron chi connectivity index (χ1n) is 11.6. The molecular formula is C27H31N3O5S. The van der Waals surface area contributed by atoms with Crippen molar-refractivity contribution in [1.29, 1.82) is 0 Å². The molecule has 8 nitrogen and oxygen atoms in total. The average molecular weight is 510 g/mol. The summed E-state index contributed by atoms with van der Waals surface area (Å²) in [7, 11) is -2.51. The van der Waals surface area contributed by atoms with Crippen LogP contribution in [0.3, 0.4) is 0 Å². The van der Waals surface area contributed by atoms with Gasteiger partial charge in [0.1, 0.15) is 18.3 Å². The summed E-state index contributed by atoms with van der Waals surface area (Å²) in [6.45, 7) is 3.45. The van der Waals surface area contributed by atoms with Gasteiger partial charge in [-0.25, -0.2) is 8.42 Å². The SMILES string of the molecule is CCNC(=O)C(C)N(Cc1cccc(OC)c1)C(=O)CN(c1ccccc1)S(=O)(=O)c1ccccc1. The molecule has 0 spiro atoms. The Bertz CT molecular complexity index is 1270. The van der Waals surface area contributed by atoms with E-state index in [0.29, 0.717) is 18.0 Å². The quantitative estimate of drug-likeness (QED) is 0.427. The number of likely N-dealkylation sites (N-methyl/N-ethyl adjacent to an activating group) is 1. The molecule has 0 aliphatic carbocycles. The van der Waals surface area contributed by atoms with Gasteiger partial charge in [0.15, 0.2) is 0 Å². The Morgan fingerprint density at radius 1 is 0.944 bits per heavy atom. The van der Waals surface area contributed by atoms with Crippen molar-refractivity contribution >= 4 is 27.5 Å². The van der Waals surface area contributed by atoms with E-state index in [0.717, 1.165) is 9.87 Å². The van der Waals surface area contributed by atoms with Crippen LogP contribution in [0.15, 0.2) is 89.8 Å². The van der Waals surface area contributed by atoms with Crippen LogP contribution in [0.2, 0.25) is 0 Å². The molecule has 0 radical (unpaired) electrons. The molecule has 0 heterocycles. The monoisotopic (exact) mass is 509 g/mol. The molecule has 0 saturated heterocycles. The smallest absolute Gasteiger partial charge is 0.264 e. The highest BCUT2D eigenvalue weighted by atomic mass is 32.2. The zero-order valence-corrected chi connectivity index (χ0v) is 21.4.